The number of hydrogen-bond acceptors (Lipinski definition) is 5. The minimum Gasteiger partial charge on any atom is -0.330 e. The SMILES string of the molecule is Cc1nnc(NC(=O)[C@@H]2CCC[C@@H]2CN)s1. The number of carbonyl (C=O) groups is 1. The van der Waals surface area contributed by atoms with E-state index in [-0.39, 0.29) is 11.8 Å². The molecule has 0 saturated heterocycles. The first-order valence-electron chi connectivity index (χ1n) is 5.51. The van der Waals surface area contributed by atoms with Crippen molar-refractivity contribution in [3.8, 4) is 0 Å². The number of aryl methyl sites for hydroxylation is 1. The van der Waals surface area contributed by atoms with Crippen LogP contribution in [0.1, 0.15) is 24.3 Å². The van der Waals surface area contributed by atoms with Gasteiger partial charge in [0.25, 0.3) is 0 Å². The number of nitrogens with one attached hydrogen (secondary N) is 1. The number of carbonyl (C=O) groups excluding carboxylic acids is 1. The number of hydrogen-bond donors (Lipinski definition) is 2. The molecule has 88 valence electrons. The van der Waals surface area contributed by atoms with E-state index >= 15 is 0 Å². The summed E-state index contributed by atoms with van der Waals surface area (Å²) in [5.74, 6) is 0.423. The highest BCUT2D eigenvalue weighted by Crippen LogP contribution is 2.32. The molecule has 1 aliphatic rings. The van der Waals surface area contributed by atoms with Crippen LogP contribution in [0.3, 0.4) is 0 Å². The van der Waals surface area contributed by atoms with E-state index in [9.17, 15) is 4.79 Å². The highest BCUT2D eigenvalue weighted by Gasteiger charge is 2.32. The van der Waals surface area contributed by atoms with Crippen molar-refractivity contribution in [2.45, 2.75) is 26.2 Å². The van der Waals surface area contributed by atoms with E-state index in [0.29, 0.717) is 17.6 Å². The lowest BCUT2D eigenvalue weighted by atomic mass is 9.95. The number of aromatic nitrogens is 2. The van der Waals surface area contributed by atoms with Crippen LogP contribution in [-0.2, 0) is 4.79 Å². The molecule has 1 amide bonds. The molecule has 6 heteroatoms. The van der Waals surface area contributed by atoms with Gasteiger partial charge in [0, 0.05) is 5.92 Å². The Labute approximate surface area is 98.4 Å². The van der Waals surface area contributed by atoms with Gasteiger partial charge in [-0.05, 0) is 32.2 Å². The Morgan fingerprint density at radius 2 is 2.38 bits per heavy atom. The fourth-order valence-electron chi connectivity index (χ4n) is 2.21. The van der Waals surface area contributed by atoms with Crippen LogP contribution in [0.25, 0.3) is 0 Å². The zero-order valence-electron chi connectivity index (χ0n) is 9.27. The average Bonchev–Trinajstić information content (AvgIpc) is 2.86. The molecule has 0 aromatic carbocycles. The van der Waals surface area contributed by atoms with Gasteiger partial charge in [0.05, 0.1) is 0 Å². The first kappa shape index (κ1) is 11.5. The molecule has 1 saturated carbocycles. The van der Waals surface area contributed by atoms with Gasteiger partial charge in [-0.2, -0.15) is 0 Å². The van der Waals surface area contributed by atoms with Gasteiger partial charge in [0.2, 0.25) is 11.0 Å². The topological polar surface area (TPSA) is 80.9 Å². The van der Waals surface area contributed by atoms with E-state index in [1.54, 1.807) is 0 Å². The number of nitrogens with zero attached hydrogens (tertiary/aromatic N) is 2. The van der Waals surface area contributed by atoms with E-state index in [1.807, 2.05) is 6.92 Å². The summed E-state index contributed by atoms with van der Waals surface area (Å²) in [4.78, 5) is 12.0. The summed E-state index contributed by atoms with van der Waals surface area (Å²) in [6.07, 6.45) is 3.09. The van der Waals surface area contributed by atoms with Crippen LogP contribution in [0.2, 0.25) is 0 Å². The van der Waals surface area contributed by atoms with Gasteiger partial charge in [0.15, 0.2) is 0 Å². The minimum atomic E-state index is 0.0455. The molecule has 1 aromatic heterocycles. The standard InChI is InChI=1S/C10H16N4OS/c1-6-13-14-10(16-6)12-9(15)8-4-2-3-7(8)5-11/h7-8H,2-5,11H2,1H3,(H,12,14,15)/t7-,8-/m1/s1. The summed E-state index contributed by atoms with van der Waals surface area (Å²) in [6.45, 7) is 2.46. The lowest BCUT2D eigenvalue weighted by molar-refractivity contribution is -0.120. The Balaban J connectivity index is 1.97. The number of amides is 1. The molecule has 1 aliphatic carbocycles. The third-order valence-corrected chi connectivity index (χ3v) is 3.81. The highest BCUT2D eigenvalue weighted by atomic mass is 32.1. The van der Waals surface area contributed by atoms with Gasteiger partial charge < -0.3 is 11.1 Å². The second-order valence-corrected chi connectivity index (χ2v) is 5.33. The van der Waals surface area contributed by atoms with Crippen LogP contribution in [0, 0.1) is 18.8 Å². The van der Waals surface area contributed by atoms with E-state index in [4.69, 9.17) is 5.73 Å². The van der Waals surface area contributed by atoms with Crippen LogP contribution >= 0.6 is 11.3 Å². The second kappa shape index (κ2) is 4.88. The number of nitrogens with two attached hydrogens (primary N) is 1. The molecule has 1 heterocycles. The summed E-state index contributed by atoms with van der Waals surface area (Å²) in [5, 5.41) is 12.0. The van der Waals surface area contributed by atoms with Gasteiger partial charge in [-0.25, -0.2) is 0 Å². The van der Waals surface area contributed by atoms with Crippen molar-refractivity contribution in [2.75, 3.05) is 11.9 Å². The minimum absolute atomic E-state index is 0.0455. The molecule has 1 fully saturated rings. The Hall–Kier alpha value is -1.01. The Morgan fingerprint density at radius 1 is 1.56 bits per heavy atom. The average molecular weight is 240 g/mol. The maximum atomic E-state index is 12.0. The molecular formula is C10H16N4OS. The van der Waals surface area contributed by atoms with E-state index in [0.717, 1.165) is 24.3 Å². The lowest BCUT2D eigenvalue weighted by Gasteiger charge is -2.15. The normalized spacial score (nSPS) is 24.6. The van der Waals surface area contributed by atoms with Crippen molar-refractivity contribution in [3.05, 3.63) is 5.01 Å². The third-order valence-electron chi connectivity index (χ3n) is 3.05. The fraction of sp³-hybridized carbons (Fsp3) is 0.700. The van der Waals surface area contributed by atoms with Crippen LogP contribution in [0.4, 0.5) is 5.13 Å². The monoisotopic (exact) mass is 240 g/mol. The molecule has 2 rings (SSSR count). The molecular weight excluding hydrogens is 224 g/mol. The summed E-state index contributed by atoms with van der Waals surface area (Å²) in [6, 6.07) is 0. The number of anilines is 1. The molecule has 3 N–H and O–H groups in total. The molecule has 0 spiro atoms. The molecule has 5 nitrogen and oxygen atoms in total. The summed E-state index contributed by atoms with van der Waals surface area (Å²) in [7, 11) is 0. The predicted octanol–water partition coefficient (Wildman–Crippen LogP) is 1.16. The molecule has 0 radical (unpaired) electrons. The van der Waals surface area contributed by atoms with Gasteiger partial charge in [-0.3, -0.25) is 4.79 Å². The van der Waals surface area contributed by atoms with E-state index in [1.165, 1.54) is 11.3 Å². The maximum absolute atomic E-state index is 12.0. The van der Waals surface area contributed by atoms with E-state index < -0.39 is 0 Å². The molecule has 16 heavy (non-hydrogen) atoms. The van der Waals surface area contributed by atoms with Crippen molar-refractivity contribution in [1.29, 1.82) is 0 Å². The third kappa shape index (κ3) is 2.38. The Kier molecular flexibility index (Phi) is 3.50. The Bertz CT molecular complexity index is 379. The summed E-state index contributed by atoms with van der Waals surface area (Å²) < 4.78 is 0. The largest absolute Gasteiger partial charge is 0.330 e. The first-order chi connectivity index (χ1) is 7.70. The second-order valence-electron chi connectivity index (χ2n) is 4.15. The molecule has 0 aliphatic heterocycles. The van der Waals surface area contributed by atoms with Crippen molar-refractivity contribution in [2.24, 2.45) is 17.6 Å². The molecule has 2 atom stereocenters. The number of rotatable bonds is 3. The zero-order chi connectivity index (χ0) is 11.5. The Morgan fingerprint density at radius 3 is 3.00 bits per heavy atom. The van der Waals surface area contributed by atoms with Crippen molar-refractivity contribution < 1.29 is 4.79 Å². The van der Waals surface area contributed by atoms with Crippen molar-refractivity contribution >= 4 is 22.4 Å². The molecule has 0 bridgehead atoms. The van der Waals surface area contributed by atoms with Crippen molar-refractivity contribution in [3.63, 3.8) is 0 Å². The summed E-state index contributed by atoms with van der Waals surface area (Å²) >= 11 is 1.40. The molecule has 1 aromatic rings. The zero-order valence-corrected chi connectivity index (χ0v) is 10.1. The predicted molar refractivity (Wildman–Crippen MR) is 63.2 cm³/mol. The molecule has 0 unspecified atom stereocenters. The van der Waals surface area contributed by atoms with Crippen LogP contribution in [-0.4, -0.2) is 22.6 Å². The quantitative estimate of drug-likeness (QED) is 0.830. The lowest BCUT2D eigenvalue weighted by Crippen LogP contribution is -2.29. The van der Waals surface area contributed by atoms with Gasteiger partial charge in [-0.15, -0.1) is 10.2 Å². The van der Waals surface area contributed by atoms with Crippen LogP contribution in [0.5, 0.6) is 0 Å². The van der Waals surface area contributed by atoms with E-state index in [2.05, 4.69) is 15.5 Å². The van der Waals surface area contributed by atoms with Gasteiger partial charge >= 0.3 is 0 Å². The first-order valence-corrected chi connectivity index (χ1v) is 6.33. The summed E-state index contributed by atoms with van der Waals surface area (Å²) in [5.41, 5.74) is 5.65. The fourth-order valence-corrected chi connectivity index (χ4v) is 2.80. The van der Waals surface area contributed by atoms with Crippen molar-refractivity contribution in [1.82, 2.24) is 10.2 Å². The van der Waals surface area contributed by atoms with Gasteiger partial charge in [0.1, 0.15) is 5.01 Å². The van der Waals surface area contributed by atoms with Crippen LogP contribution < -0.4 is 11.1 Å². The van der Waals surface area contributed by atoms with Crippen LogP contribution in [0.15, 0.2) is 0 Å². The smallest absolute Gasteiger partial charge is 0.229 e. The highest BCUT2D eigenvalue weighted by molar-refractivity contribution is 7.15. The van der Waals surface area contributed by atoms with Gasteiger partial charge in [-0.1, -0.05) is 17.8 Å². The maximum Gasteiger partial charge on any atom is 0.229 e.